The third-order valence-corrected chi connectivity index (χ3v) is 11.0. The van der Waals surface area contributed by atoms with E-state index in [1.54, 1.807) is 11.0 Å². The molecule has 1 saturated heterocycles. The van der Waals surface area contributed by atoms with Gasteiger partial charge in [0.2, 0.25) is 0 Å². The Labute approximate surface area is 321 Å². The maximum absolute atomic E-state index is 15.2. The van der Waals surface area contributed by atoms with Gasteiger partial charge in [0.05, 0.1) is 30.7 Å². The number of anilines is 3. The van der Waals surface area contributed by atoms with Gasteiger partial charge in [0.15, 0.2) is 0 Å². The minimum atomic E-state index is -5.03. The van der Waals surface area contributed by atoms with Gasteiger partial charge >= 0.3 is 6.18 Å². The number of benzene rings is 3. The van der Waals surface area contributed by atoms with Gasteiger partial charge in [0.25, 0.3) is 11.8 Å². The van der Waals surface area contributed by atoms with Gasteiger partial charge in [-0.15, -0.1) is 0 Å². The van der Waals surface area contributed by atoms with Crippen molar-refractivity contribution < 1.29 is 37.0 Å². The van der Waals surface area contributed by atoms with E-state index < -0.39 is 35.1 Å². The van der Waals surface area contributed by atoms with E-state index in [2.05, 4.69) is 9.88 Å². The number of carbonyl (C=O) groups is 2. The average Bonchev–Trinajstić information content (AvgIpc) is 3.74. The van der Waals surface area contributed by atoms with Gasteiger partial charge in [-0.1, -0.05) is 24.3 Å². The van der Waals surface area contributed by atoms with Crippen LogP contribution in [0.2, 0.25) is 0 Å². The van der Waals surface area contributed by atoms with Gasteiger partial charge in [-0.05, 0) is 84.1 Å². The molecule has 8 rings (SSSR count). The number of aromatic nitrogens is 2. The normalized spacial score (nSPS) is 17.1. The molecule has 0 saturated carbocycles. The third kappa shape index (κ3) is 6.98. The number of fused-ring (bicyclic) bond motifs is 2. The van der Waals surface area contributed by atoms with E-state index in [4.69, 9.17) is 4.74 Å². The number of halogens is 4. The lowest BCUT2D eigenvalue weighted by Crippen LogP contribution is -2.52. The Morgan fingerprint density at radius 2 is 1.62 bits per heavy atom. The second kappa shape index (κ2) is 14.7. The van der Waals surface area contributed by atoms with Crippen LogP contribution < -0.4 is 9.80 Å². The van der Waals surface area contributed by atoms with E-state index in [0.29, 0.717) is 58.1 Å². The van der Waals surface area contributed by atoms with E-state index in [0.717, 1.165) is 51.4 Å². The summed E-state index contributed by atoms with van der Waals surface area (Å²) in [6, 6.07) is 19.4. The Hall–Kier alpha value is -5.73. The van der Waals surface area contributed by atoms with Crippen molar-refractivity contribution >= 4 is 29.0 Å². The quantitative estimate of drug-likeness (QED) is 0.182. The van der Waals surface area contributed by atoms with Crippen LogP contribution in [0.3, 0.4) is 0 Å². The molecule has 3 aliphatic rings. The van der Waals surface area contributed by atoms with Crippen molar-refractivity contribution in [3.05, 3.63) is 124 Å². The molecule has 290 valence electrons. The molecule has 0 bridgehead atoms. The molecule has 14 heteroatoms. The SMILES string of the molecule is CN1CCc2cc(N(C(=O)c3cc(-c4cc(F)ccc4C(=O)N4Cc5ccccc5C[C@H]4CN4CCOCC4)n(C)c3C(F)(F)F)c3ccc(O)cc3)cnc21. The van der Waals surface area contributed by atoms with Gasteiger partial charge < -0.3 is 24.2 Å². The zero-order valence-corrected chi connectivity index (χ0v) is 30.9. The molecule has 1 N–H and O–H groups in total. The van der Waals surface area contributed by atoms with Gasteiger partial charge in [-0.25, -0.2) is 9.37 Å². The number of hydrogen-bond donors (Lipinski definition) is 1. The van der Waals surface area contributed by atoms with Crippen LogP contribution in [0.15, 0.2) is 85.1 Å². The van der Waals surface area contributed by atoms with Crippen LogP contribution in [0.4, 0.5) is 34.8 Å². The summed E-state index contributed by atoms with van der Waals surface area (Å²) < 4.78 is 67.1. The summed E-state index contributed by atoms with van der Waals surface area (Å²) in [6.07, 6.45) is -2.41. The Morgan fingerprint density at radius 3 is 2.36 bits per heavy atom. The number of hydrogen-bond acceptors (Lipinski definition) is 7. The topological polar surface area (TPSA) is 94.4 Å². The highest BCUT2D eigenvalue weighted by Gasteiger charge is 2.42. The average molecular weight is 769 g/mol. The lowest BCUT2D eigenvalue weighted by Gasteiger charge is -2.40. The van der Waals surface area contributed by atoms with Crippen LogP contribution in [-0.2, 0) is 37.3 Å². The first-order valence-electron chi connectivity index (χ1n) is 18.5. The number of ether oxygens (including phenoxy) is 1. The summed E-state index contributed by atoms with van der Waals surface area (Å²) in [4.78, 5) is 41.0. The summed E-state index contributed by atoms with van der Waals surface area (Å²) in [7, 11) is 3.03. The minimum Gasteiger partial charge on any atom is -0.508 e. The van der Waals surface area contributed by atoms with Crippen molar-refractivity contribution in [2.75, 3.05) is 56.2 Å². The van der Waals surface area contributed by atoms with Crippen molar-refractivity contribution in [2.24, 2.45) is 7.05 Å². The van der Waals surface area contributed by atoms with Crippen LogP contribution in [0.1, 0.15) is 43.1 Å². The molecule has 3 aliphatic heterocycles. The van der Waals surface area contributed by atoms with Crippen LogP contribution >= 0.6 is 0 Å². The second-order valence-electron chi connectivity index (χ2n) is 14.5. The van der Waals surface area contributed by atoms with Crippen molar-refractivity contribution in [3.63, 3.8) is 0 Å². The molecule has 0 spiro atoms. The van der Waals surface area contributed by atoms with Crippen LogP contribution in [0.25, 0.3) is 11.3 Å². The molecule has 5 aromatic rings. The first-order chi connectivity index (χ1) is 26.9. The fourth-order valence-corrected chi connectivity index (χ4v) is 8.15. The standard InChI is InChI=1S/C42H40F4N6O4/c1-48-14-13-27-20-31(23-47-39(27)48)52(30-8-10-33(53)11-9-30)41(55)36-22-37(49(2)38(36)42(44,45)46)35-21-29(43)7-12-34(35)40(54)51-24-28-6-4-3-5-26(28)19-32(51)25-50-15-17-56-18-16-50/h3-12,20-23,32,53H,13-19,24-25H2,1-2H3/t32-/m0/s1. The second-order valence-corrected chi connectivity index (χ2v) is 14.5. The van der Waals surface area contributed by atoms with Crippen molar-refractivity contribution in [1.82, 2.24) is 19.4 Å². The van der Waals surface area contributed by atoms with E-state index in [-0.39, 0.29) is 46.5 Å². The lowest BCUT2D eigenvalue weighted by atomic mass is 9.92. The van der Waals surface area contributed by atoms with E-state index in [1.807, 2.05) is 36.2 Å². The molecule has 5 heterocycles. The summed E-state index contributed by atoms with van der Waals surface area (Å²) in [5.41, 5.74) is 1.10. The van der Waals surface area contributed by atoms with Crippen molar-refractivity contribution in [2.45, 2.75) is 31.6 Å². The van der Waals surface area contributed by atoms with Gasteiger partial charge in [-0.2, -0.15) is 13.2 Å². The molecule has 10 nitrogen and oxygen atoms in total. The van der Waals surface area contributed by atoms with Crippen molar-refractivity contribution in [1.29, 1.82) is 0 Å². The van der Waals surface area contributed by atoms with E-state index in [9.17, 15) is 14.7 Å². The van der Waals surface area contributed by atoms with Gasteiger partial charge in [0.1, 0.15) is 23.1 Å². The third-order valence-electron chi connectivity index (χ3n) is 11.0. The Bertz CT molecular complexity index is 2300. The molecule has 1 atom stereocenters. The molecular weight excluding hydrogens is 728 g/mol. The summed E-state index contributed by atoms with van der Waals surface area (Å²) >= 11 is 0. The molecule has 0 unspecified atom stereocenters. The number of morpholine rings is 1. The molecule has 3 aromatic carbocycles. The molecule has 2 amide bonds. The fraction of sp³-hybridized carbons (Fsp3) is 0.310. The van der Waals surface area contributed by atoms with Crippen LogP contribution in [0, 0.1) is 5.82 Å². The van der Waals surface area contributed by atoms with Crippen molar-refractivity contribution in [3.8, 4) is 17.0 Å². The highest BCUT2D eigenvalue weighted by molar-refractivity contribution is 6.13. The Kier molecular flexibility index (Phi) is 9.79. The van der Waals surface area contributed by atoms with Gasteiger partial charge in [-0.3, -0.25) is 19.4 Å². The highest BCUT2D eigenvalue weighted by atomic mass is 19.4. The molecule has 2 aromatic heterocycles. The van der Waals surface area contributed by atoms with Crippen LogP contribution in [-0.4, -0.2) is 88.8 Å². The van der Waals surface area contributed by atoms with Crippen LogP contribution in [0.5, 0.6) is 5.75 Å². The van der Waals surface area contributed by atoms with E-state index in [1.165, 1.54) is 36.5 Å². The number of alkyl halides is 3. The zero-order valence-electron chi connectivity index (χ0n) is 30.9. The predicted molar refractivity (Wildman–Crippen MR) is 203 cm³/mol. The maximum Gasteiger partial charge on any atom is 0.432 e. The number of rotatable bonds is 7. The minimum absolute atomic E-state index is 0.00779. The maximum atomic E-state index is 15.2. The smallest absolute Gasteiger partial charge is 0.432 e. The number of pyridine rings is 1. The molecule has 0 radical (unpaired) electrons. The Morgan fingerprint density at radius 1 is 0.893 bits per heavy atom. The summed E-state index contributed by atoms with van der Waals surface area (Å²) in [5.74, 6) is -1.64. The number of phenols is 1. The predicted octanol–water partition coefficient (Wildman–Crippen LogP) is 6.82. The van der Waals surface area contributed by atoms with Gasteiger partial charge in [0, 0.05) is 75.4 Å². The fourth-order valence-electron chi connectivity index (χ4n) is 8.15. The zero-order chi connectivity index (χ0) is 39.3. The number of aromatic hydroxyl groups is 1. The molecule has 1 fully saturated rings. The number of amides is 2. The lowest BCUT2D eigenvalue weighted by molar-refractivity contribution is -0.143. The number of phenolic OH excluding ortho intramolecular Hbond substituents is 1. The molecule has 0 aliphatic carbocycles. The highest BCUT2D eigenvalue weighted by Crippen LogP contribution is 2.41. The summed E-state index contributed by atoms with van der Waals surface area (Å²) in [5, 5.41) is 10.0. The number of likely N-dealkylation sites (N-methyl/N-ethyl adjacent to an activating group) is 1. The molecule has 56 heavy (non-hydrogen) atoms. The Balaban J connectivity index is 1.23. The largest absolute Gasteiger partial charge is 0.508 e. The van der Waals surface area contributed by atoms with E-state index >= 15 is 17.6 Å². The monoisotopic (exact) mass is 768 g/mol. The number of carbonyl (C=O) groups excluding carboxylic acids is 2. The first kappa shape index (κ1) is 37.2. The first-order valence-corrected chi connectivity index (χ1v) is 18.5. The number of nitrogens with zero attached hydrogens (tertiary/aromatic N) is 6. The molecular formula is C42H40F4N6O4. The summed E-state index contributed by atoms with van der Waals surface area (Å²) in [6.45, 7) is 4.04.